The van der Waals surface area contributed by atoms with Gasteiger partial charge in [-0.15, -0.1) is 0 Å². The maximum atomic E-state index is 13.4. The van der Waals surface area contributed by atoms with E-state index in [-0.39, 0.29) is 5.41 Å². The van der Waals surface area contributed by atoms with Gasteiger partial charge in [-0.25, -0.2) is 13.4 Å². The Morgan fingerprint density at radius 1 is 0.806 bits per heavy atom. The molecule has 2 aliphatic heterocycles. The number of hydrogen-bond acceptors (Lipinski definition) is 5. The monoisotopic (exact) mass is 503 g/mol. The van der Waals surface area contributed by atoms with Gasteiger partial charge in [-0.2, -0.15) is 4.31 Å². The zero-order valence-electron chi connectivity index (χ0n) is 21.6. The molecule has 0 spiro atoms. The second-order valence-corrected chi connectivity index (χ2v) is 12.6. The first-order valence-corrected chi connectivity index (χ1v) is 13.8. The van der Waals surface area contributed by atoms with Gasteiger partial charge in [0.15, 0.2) is 5.75 Å². The zero-order valence-corrected chi connectivity index (χ0v) is 22.4. The minimum absolute atomic E-state index is 0.0248. The molecule has 1 saturated heterocycles. The summed E-state index contributed by atoms with van der Waals surface area (Å²) in [6.07, 6.45) is 0. The van der Waals surface area contributed by atoms with Gasteiger partial charge in [-0.3, -0.25) is 0 Å². The van der Waals surface area contributed by atoms with E-state index in [1.54, 1.807) is 16.4 Å². The number of piperazine rings is 1. The van der Waals surface area contributed by atoms with E-state index in [0.717, 1.165) is 45.3 Å². The molecule has 0 aliphatic carbocycles. The van der Waals surface area contributed by atoms with Crippen LogP contribution in [-0.2, 0) is 15.4 Å². The summed E-state index contributed by atoms with van der Waals surface area (Å²) < 4.78 is 34.6. The molecule has 0 N–H and O–H groups in total. The molecule has 5 rings (SSSR count). The van der Waals surface area contributed by atoms with Crippen molar-refractivity contribution in [2.45, 2.75) is 44.9 Å². The average molecular weight is 504 g/mol. The number of nitrogens with zero attached hydrogens (tertiary/aromatic N) is 3. The maximum Gasteiger partial charge on any atom is 0.243 e. The van der Waals surface area contributed by atoms with Crippen molar-refractivity contribution in [2.75, 3.05) is 26.2 Å². The lowest BCUT2D eigenvalue weighted by Gasteiger charge is -2.36. The summed E-state index contributed by atoms with van der Waals surface area (Å²) in [5.41, 5.74) is 5.02. The highest BCUT2D eigenvalue weighted by molar-refractivity contribution is 7.89. The molecule has 2 aliphatic rings. The fourth-order valence-corrected chi connectivity index (χ4v) is 6.08. The molecule has 7 heteroatoms. The summed E-state index contributed by atoms with van der Waals surface area (Å²) >= 11 is 0. The van der Waals surface area contributed by atoms with Crippen molar-refractivity contribution in [3.63, 3.8) is 0 Å². The largest absolute Gasteiger partial charge is 0.454 e. The van der Waals surface area contributed by atoms with E-state index < -0.39 is 10.0 Å². The number of ether oxygens (including phenoxy) is 1. The van der Waals surface area contributed by atoms with Crippen LogP contribution in [-0.4, -0.2) is 49.6 Å². The Labute approximate surface area is 214 Å². The zero-order chi connectivity index (χ0) is 25.7. The van der Waals surface area contributed by atoms with Gasteiger partial charge in [0.2, 0.25) is 10.0 Å². The van der Waals surface area contributed by atoms with Crippen molar-refractivity contribution in [3.05, 3.63) is 82.9 Å². The van der Waals surface area contributed by atoms with Gasteiger partial charge in [0.25, 0.3) is 0 Å². The lowest BCUT2D eigenvalue weighted by molar-refractivity contribution is 0.266. The summed E-state index contributed by atoms with van der Waals surface area (Å²) in [6.45, 7) is 12.3. The summed E-state index contributed by atoms with van der Waals surface area (Å²) in [5, 5.41) is 0. The summed E-state index contributed by atoms with van der Waals surface area (Å²) in [5.74, 6) is 2.32. The fraction of sp³-hybridized carbons (Fsp3) is 0.345. The van der Waals surface area contributed by atoms with E-state index in [4.69, 9.17) is 9.73 Å². The topological polar surface area (TPSA) is 62.2 Å². The molecule has 0 radical (unpaired) electrons. The Morgan fingerprint density at radius 3 is 2.11 bits per heavy atom. The molecule has 3 aromatic rings. The minimum atomic E-state index is -3.56. The van der Waals surface area contributed by atoms with Crippen LogP contribution < -0.4 is 4.74 Å². The lowest BCUT2D eigenvalue weighted by Crippen LogP contribution is -2.50. The van der Waals surface area contributed by atoms with E-state index in [1.807, 2.05) is 49.4 Å². The second-order valence-electron chi connectivity index (χ2n) is 10.7. The van der Waals surface area contributed by atoms with Crippen LogP contribution in [0.2, 0.25) is 0 Å². The first kappa shape index (κ1) is 24.5. The van der Waals surface area contributed by atoms with Gasteiger partial charge in [0, 0.05) is 26.2 Å². The molecular weight excluding hydrogens is 470 g/mol. The number of hydrogen-bond donors (Lipinski definition) is 0. The van der Waals surface area contributed by atoms with E-state index in [2.05, 4.69) is 38.7 Å². The van der Waals surface area contributed by atoms with E-state index in [1.165, 1.54) is 0 Å². The molecule has 0 amide bonds. The highest BCUT2D eigenvalue weighted by atomic mass is 32.2. The van der Waals surface area contributed by atoms with Crippen LogP contribution in [0.5, 0.6) is 11.5 Å². The molecule has 36 heavy (non-hydrogen) atoms. The Bertz CT molecular complexity index is 1430. The third kappa shape index (κ3) is 4.65. The van der Waals surface area contributed by atoms with Crippen molar-refractivity contribution in [1.29, 1.82) is 0 Å². The van der Waals surface area contributed by atoms with Crippen LogP contribution in [0.3, 0.4) is 0 Å². The molecule has 0 atom stereocenters. The smallest absolute Gasteiger partial charge is 0.243 e. The molecule has 0 unspecified atom stereocenters. The average Bonchev–Trinajstić information content (AvgIpc) is 3.00. The van der Waals surface area contributed by atoms with Crippen molar-refractivity contribution in [1.82, 2.24) is 9.21 Å². The van der Waals surface area contributed by atoms with Crippen LogP contribution in [0.4, 0.5) is 5.69 Å². The Hall–Kier alpha value is -3.16. The van der Waals surface area contributed by atoms with E-state index >= 15 is 0 Å². The van der Waals surface area contributed by atoms with Crippen LogP contribution in [0.1, 0.15) is 43.0 Å². The molecule has 0 aromatic heterocycles. The molecule has 2 heterocycles. The molecule has 0 saturated carbocycles. The quantitative estimate of drug-likeness (QED) is 0.444. The number of fused-ring (bicyclic) bond motifs is 2. The summed E-state index contributed by atoms with van der Waals surface area (Å²) in [6, 6.07) is 19.4. The standard InChI is InChI=1S/C29H33N3O3S/c1-20-7-13-26-24(18-20)28(30-25-12-6-21(2)19-27(25)35-26)31-14-16-32(17-15-31)36(33,34)23-10-8-22(9-11-23)29(3,4)5/h6-13,18-19H,14-17H2,1-5H3. The number of sulfonamides is 1. The molecule has 0 bridgehead atoms. The fourth-order valence-electron chi connectivity index (χ4n) is 4.65. The van der Waals surface area contributed by atoms with Gasteiger partial charge in [-0.1, -0.05) is 50.6 Å². The van der Waals surface area contributed by atoms with E-state index in [9.17, 15) is 8.42 Å². The van der Waals surface area contributed by atoms with Crippen LogP contribution >= 0.6 is 0 Å². The third-order valence-electron chi connectivity index (χ3n) is 6.83. The van der Waals surface area contributed by atoms with Gasteiger partial charge >= 0.3 is 0 Å². The van der Waals surface area contributed by atoms with Crippen LogP contribution in [0.15, 0.2) is 70.6 Å². The van der Waals surface area contributed by atoms with Gasteiger partial charge in [0.1, 0.15) is 17.3 Å². The van der Waals surface area contributed by atoms with Crippen LogP contribution in [0, 0.1) is 13.8 Å². The number of aryl methyl sites for hydroxylation is 2. The molecule has 3 aromatic carbocycles. The Balaban J connectivity index is 1.41. The first-order chi connectivity index (χ1) is 17.0. The SMILES string of the molecule is Cc1ccc2c(c1)Oc1ccc(C)cc1C(N1CCN(S(=O)(=O)c3ccc(C(C)(C)C)cc3)CC1)=N2. The number of benzene rings is 3. The highest BCUT2D eigenvalue weighted by Crippen LogP contribution is 2.39. The maximum absolute atomic E-state index is 13.4. The van der Waals surface area contributed by atoms with Gasteiger partial charge < -0.3 is 9.64 Å². The normalized spacial score (nSPS) is 16.5. The van der Waals surface area contributed by atoms with Crippen molar-refractivity contribution in [3.8, 4) is 11.5 Å². The summed E-state index contributed by atoms with van der Waals surface area (Å²) in [4.78, 5) is 7.53. The number of amidine groups is 1. The van der Waals surface area contributed by atoms with Gasteiger partial charge in [0.05, 0.1) is 10.5 Å². The van der Waals surface area contributed by atoms with Crippen molar-refractivity contribution in [2.24, 2.45) is 4.99 Å². The highest BCUT2D eigenvalue weighted by Gasteiger charge is 2.32. The lowest BCUT2D eigenvalue weighted by atomic mass is 9.87. The summed E-state index contributed by atoms with van der Waals surface area (Å²) in [7, 11) is -3.56. The molecular formula is C29H33N3O3S. The van der Waals surface area contributed by atoms with Crippen molar-refractivity contribution < 1.29 is 13.2 Å². The number of rotatable bonds is 2. The number of aliphatic imine (C=N–C) groups is 1. The first-order valence-electron chi connectivity index (χ1n) is 12.4. The molecule has 188 valence electrons. The minimum Gasteiger partial charge on any atom is -0.454 e. The third-order valence-corrected chi connectivity index (χ3v) is 8.75. The van der Waals surface area contributed by atoms with E-state index in [0.29, 0.717) is 31.1 Å². The second kappa shape index (κ2) is 9.05. The predicted octanol–water partition coefficient (Wildman–Crippen LogP) is 5.79. The molecule has 1 fully saturated rings. The molecule has 6 nitrogen and oxygen atoms in total. The van der Waals surface area contributed by atoms with Crippen molar-refractivity contribution >= 4 is 21.5 Å². The predicted molar refractivity (Wildman–Crippen MR) is 144 cm³/mol. The van der Waals surface area contributed by atoms with Gasteiger partial charge in [-0.05, 0) is 66.8 Å². The van der Waals surface area contributed by atoms with Crippen LogP contribution in [0.25, 0.3) is 0 Å². The Morgan fingerprint density at radius 2 is 1.44 bits per heavy atom. The Kier molecular flexibility index (Phi) is 6.17.